The number of phosphoric ester groups is 2. The average molecular weight is 1380 g/mol. The zero-order chi connectivity index (χ0) is 69.6. The van der Waals surface area contributed by atoms with Gasteiger partial charge in [0.05, 0.1) is 26.4 Å². The first-order chi connectivity index (χ1) is 45.1. The third kappa shape index (κ3) is 67.3. The predicted octanol–water partition coefficient (Wildman–Crippen LogP) is 21.7. The zero-order valence-electron chi connectivity index (χ0n) is 61.6. The first kappa shape index (κ1) is 92.1. The lowest BCUT2D eigenvalue weighted by Crippen LogP contribution is -2.30. The molecular weight excluding hydrogens is 1230 g/mol. The third-order valence-corrected chi connectivity index (χ3v) is 19.6. The van der Waals surface area contributed by atoms with Gasteiger partial charge in [-0.05, 0) is 49.4 Å². The van der Waals surface area contributed by atoms with Crippen LogP contribution in [0, 0.1) is 23.7 Å². The van der Waals surface area contributed by atoms with E-state index in [0.717, 1.165) is 114 Å². The predicted molar refractivity (Wildman–Crippen MR) is 381 cm³/mol. The van der Waals surface area contributed by atoms with E-state index in [2.05, 4.69) is 55.4 Å². The molecule has 0 aliphatic heterocycles. The highest BCUT2D eigenvalue weighted by molar-refractivity contribution is 7.47. The van der Waals surface area contributed by atoms with Crippen molar-refractivity contribution in [3.8, 4) is 0 Å². The highest BCUT2D eigenvalue weighted by atomic mass is 31.2. The SMILES string of the molecule is CCC(C)CCCCCCCCC(=O)OC[C@H](COP(=O)(O)OC[C@H](O)COP(=O)(O)OC[C@@H](COC(=O)CCCCCCCCCCCCCCCCC(C)C)OC(=O)CCCCCCCCCCCCCCCCC(C)C)OC(=O)CCCCCCCCCC(C)C. The maximum Gasteiger partial charge on any atom is 0.472 e. The van der Waals surface area contributed by atoms with E-state index < -0.39 is 97.5 Å². The second-order valence-electron chi connectivity index (χ2n) is 28.7. The number of unbranched alkanes of at least 4 members (excludes halogenated alkanes) is 37. The second kappa shape index (κ2) is 64.4. The fraction of sp³-hybridized carbons (Fsp3) is 0.947. The fourth-order valence-corrected chi connectivity index (χ4v) is 12.9. The number of esters is 4. The Morgan fingerprint density at radius 1 is 0.298 bits per heavy atom. The van der Waals surface area contributed by atoms with Crippen molar-refractivity contribution in [2.45, 2.75) is 395 Å². The van der Waals surface area contributed by atoms with Gasteiger partial charge in [0.25, 0.3) is 0 Å². The number of hydrogen-bond acceptors (Lipinski definition) is 15. The molecule has 0 aromatic heterocycles. The number of ether oxygens (including phenoxy) is 4. The van der Waals surface area contributed by atoms with Crippen LogP contribution in [-0.4, -0.2) is 96.7 Å². The smallest absolute Gasteiger partial charge is 0.462 e. The van der Waals surface area contributed by atoms with Gasteiger partial charge in [0.1, 0.15) is 19.3 Å². The molecule has 0 bridgehead atoms. The third-order valence-electron chi connectivity index (χ3n) is 17.7. The summed E-state index contributed by atoms with van der Waals surface area (Å²) in [5.41, 5.74) is 0. The van der Waals surface area contributed by atoms with Crippen molar-refractivity contribution in [3.05, 3.63) is 0 Å². The minimum atomic E-state index is -4.96. The van der Waals surface area contributed by atoms with Crippen LogP contribution in [0.1, 0.15) is 376 Å². The van der Waals surface area contributed by atoms with Gasteiger partial charge in [0.2, 0.25) is 0 Å². The van der Waals surface area contributed by atoms with Gasteiger partial charge in [-0.25, -0.2) is 9.13 Å². The quantitative estimate of drug-likeness (QED) is 0.0222. The average Bonchev–Trinajstić information content (AvgIpc) is 2.04. The van der Waals surface area contributed by atoms with Crippen molar-refractivity contribution in [2.75, 3.05) is 39.6 Å². The van der Waals surface area contributed by atoms with E-state index in [1.807, 2.05) is 0 Å². The monoisotopic (exact) mass is 1380 g/mol. The zero-order valence-corrected chi connectivity index (χ0v) is 63.4. The molecule has 558 valence electrons. The maximum atomic E-state index is 13.1. The second-order valence-corrected chi connectivity index (χ2v) is 31.6. The summed E-state index contributed by atoms with van der Waals surface area (Å²) in [7, 11) is -9.91. The molecule has 0 rings (SSSR count). The topological polar surface area (TPSA) is 237 Å². The summed E-state index contributed by atoms with van der Waals surface area (Å²) < 4.78 is 68.4. The maximum absolute atomic E-state index is 13.1. The molecule has 0 aromatic carbocycles. The molecule has 0 aliphatic carbocycles. The fourth-order valence-electron chi connectivity index (χ4n) is 11.3. The van der Waals surface area contributed by atoms with Crippen LogP contribution in [0.5, 0.6) is 0 Å². The Hall–Kier alpha value is -1.94. The van der Waals surface area contributed by atoms with Gasteiger partial charge in [-0.15, -0.1) is 0 Å². The van der Waals surface area contributed by atoms with Crippen LogP contribution in [-0.2, 0) is 65.4 Å². The summed E-state index contributed by atoms with van der Waals surface area (Å²) >= 11 is 0. The van der Waals surface area contributed by atoms with Gasteiger partial charge in [0, 0.05) is 25.7 Å². The van der Waals surface area contributed by atoms with Crippen molar-refractivity contribution < 1.29 is 80.2 Å². The highest BCUT2D eigenvalue weighted by Gasteiger charge is 2.30. The number of hydrogen-bond donors (Lipinski definition) is 3. The lowest BCUT2D eigenvalue weighted by Gasteiger charge is -2.21. The summed E-state index contributed by atoms with van der Waals surface area (Å²) in [6.07, 6.45) is 48.7. The molecule has 0 aromatic rings. The number of carbonyl (C=O) groups is 4. The molecule has 0 saturated carbocycles. The Kier molecular flexibility index (Phi) is 63.1. The summed E-state index contributed by atoms with van der Waals surface area (Å²) in [6, 6.07) is 0. The molecule has 0 spiro atoms. The van der Waals surface area contributed by atoms with E-state index in [1.165, 1.54) is 173 Å². The Morgan fingerprint density at radius 3 is 0.755 bits per heavy atom. The molecule has 0 radical (unpaired) electrons. The van der Waals surface area contributed by atoms with Crippen molar-refractivity contribution in [2.24, 2.45) is 23.7 Å². The van der Waals surface area contributed by atoms with E-state index in [0.29, 0.717) is 31.6 Å². The molecule has 0 aliphatic rings. The molecule has 17 nitrogen and oxygen atoms in total. The van der Waals surface area contributed by atoms with Crippen LogP contribution in [0.15, 0.2) is 0 Å². The first-order valence-electron chi connectivity index (χ1n) is 38.7. The Bertz CT molecular complexity index is 1850. The van der Waals surface area contributed by atoms with Crippen molar-refractivity contribution in [1.82, 2.24) is 0 Å². The van der Waals surface area contributed by atoms with Gasteiger partial charge in [-0.1, -0.05) is 325 Å². The summed E-state index contributed by atoms with van der Waals surface area (Å²) in [4.78, 5) is 72.7. The Balaban J connectivity index is 5.23. The lowest BCUT2D eigenvalue weighted by molar-refractivity contribution is -0.161. The van der Waals surface area contributed by atoms with Crippen LogP contribution in [0.3, 0.4) is 0 Å². The molecular formula is C75H146O17P2. The Labute approximate surface area is 575 Å². The molecule has 0 heterocycles. The van der Waals surface area contributed by atoms with Crippen molar-refractivity contribution >= 4 is 39.5 Å². The van der Waals surface area contributed by atoms with Crippen LogP contribution < -0.4 is 0 Å². The number of rotatable bonds is 72. The van der Waals surface area contributed by atoms with Crippen LogP contribution in [0.2, 0.25) is 0 Å². The first-order valence-corrected chi connectivity index (χ1v) is 41.7. The van der Waals surface area contributed by atoms with E-state index in [9.17, 15) is 43.2 Å². The summed E-state index contributed by atoms with van der Waals surface area (Å²) in [6.45, 7) is 14.1. The van der Waals surface area contributed by atoms with E-state index >= 15 is 0 Å². The van der Waals surface area contributed by atoms with E-state index in [4.69, 9.17) is 37.0 Å². The van der Waals surface area contributed by atoms with Gasteiger partial charge >= 0.3 is 39.5 Å². The lowest BCUT2D eigenvalue weighted by atomic mass is 10.00. The largest absolute Gasteiger partial charge is 0.472 e. The number of aliphatic hydroxyl groups excluding tert-OH is 1. The minimum absolute atomic E-state index is 0.102. The molecule has 3 N–H and O–H groups in total. The van der Waals surface area contributed by atoms with Crippen molar-refractivity contribution in [3.63, 3.8) is 0 Å². The van der Waals surface area contributed by atoms with Crippen LogP contribution >= 0.6 is 15.6 Å². The molecule has 94 heavy (non-hydrogen) atoms. The molecule has 0 fully saturated rings. The molecule has 0 saturated heterocycles. The Morgan fingerprint density at radius 2 is 0.511 bits per heavy atom. The van der Waals surface area contributed by atoms with Crippen molar-refractivity contribution in [1.29, 1.82) is 0 Å². The van der Waals surface area contributed by atoms with Crippen LogP contribution in [0.4, 0.5) is 0 Å². The van der Waals surface area contributed by atoms with Gasteiger partial charge in [-0.2, -0.15) is 0 Å². The van der Waals surface area contributed by atoms with Gasteiger partial charge in [0.15, 0.2) is 12.2 Å². The summed E-state index contributed by atoms with van der Waals surface area (Å²) in [5, 5.41) is 10.6. The minimum Gasteiger partial charge on any atom is -0.462 e. The van der Waals surface area contributed by atoms with Crippen LogP contribution in [0.25, 0.3) is 0 Å². The molecule has 3 unspecified atom stereocenters. The molecule has 6 atom stereocenters. The van der Waals surface area contributed by atoms with Gasteiger partial charge < -0.3 is 33.8 Å². The molecule has 19 heteroatoms. The number of carbonyl (C=O) groups excluding carboxylic acids is 4. The summed E-state index contributed by atoms with van der Waals surface area (Å²) in [5.74, 6) is 0.896. The number of phosphoric acid groups is 2. The normalized spacial score (nSPS) is 14.4. The van der Waals surface area contributed by atoms with E-state index in [1.54, 1.807) is 0 Å². The standard InChI is InChI=1S/C75H146O17P2/c1-9-68(8)54-46-38-33-34-40-48-56-73(78)86-62-71(92-75(80)58-50-42-32-26-29-37-45-53-67(6)7)64-90-94(83,84)88-60-69(76)59-87-93(81,82)89-63-70(91-74(79)57-49-41-31-25-21-17-13-11-15-19-23-28-36-44-52-66(4)5)61-85-72(77)55-47-39-30-24-20-16-12-10-14-18-22-27-35-43-51-65(2)3/h65-71,76H,9-64H2,1-8H3,(H,81,82)(H,83,84)/t68?,69-,70-,71-/m1/s1. The highest BCUT2D eigenvalue weighted by Crippen LogP contribution is 2.45. The van der Waals surface area contributed by atoms with Gasteiger partial charge in [-0.3, -0.25) is 37.3 Å². The molecule has 0 amide bonds. The number of aliphatic hydroxyl groups is 1. The van der Waals surface area contributed by atoms with E-state index in [-0.39, 0.29) is 25.7 Å².